The number of fused-ring (bicyclic) bond motifs is 1. The first-order valence-electron chi connectivity index (χ1n) is 7.96. The first-order chi connectivity index (χ1) is 11.1. The number of aryl methyl sites for hydroxylation is 1. The first-order valence-corrected chi connectivity index (χ1v) is 8.84. The van der Waals surface area contributed by atoms with Crippen LogP contribution in [0.5, 0.6) is 0 Å². The molecule has 0 amide bonds. The van der Waals surface area contributed by atoms with Crippen molar-refractivity contribution in [2.75, 3.05) is 13.6 Å². The van der Waals surface area contributed by atoms with Gasteiger partial charge in [0, 0.05) is 36.3 Å². The van der Waals surface area contributed by atoms with Gasteiger partial charge in [-0.15, -0.1) is 11.3 Å². The van der Waals surface area contributed by atoms with E-state index in [4.69, 9.17) is 0 Å². The number of rotatable bonds is 4. The molecule has 3 heterocycles. The fourth-order valence-electron chi connectivity index (χ4n) is 2.80. The van der Waals surface area contributed by atoms with E-state index in [0.717, 1.165) is 37.7 Å². The molecular weight excluding hydrogens is 308 g/mol. The van der Waals surface area contributed by atoms with Crippen LogP contribution < -0.4 is 10.6 Å². The van der Waals surface area contributed by atoms with Gasteiger partial charge < -0.3 is 10.6 Å². The smallest absolute Gasteiger partial charge is 0.191 e. The van der Waals surface area contributed by atoms with Crippen molar-refractivity contribution < 1.29 is 0 Å². The molecule has 0 aliphatic carbocycles. The third-order valence-electron chi connectivity index (χ3n) is 4.26. The Morgan fingerprint density at radius 1 is 1.52 bits per heavy atom. The van der Waals surface area contributed by atoms with E-state index in [-0.39, 0.29) is 5.41 Å². The first kappa shape index (κ1) is 16.0. The summed E-state index contributed by atoms with van der Waals surface area (Å²) in [6, 6.07) is 4.63. The lowest BCUT2D eigenvalue weighted by Gasteiger charge is -2.28. The third kappa shape index (κ3) is 3.72. The molecular formula is C16H24N6S. The molecule has 2 N–H and O–H groups in total. The molecule has 0 bridgehead atoms. The SMILES string of the molecule is CN=C(NCC(C)(C)c1cccs1)NC1CCc2ncnn2C1. The molecule has 1 aliphatic heterocycles. The second-order valence-electron chi connectivity index (χ2n) is 6.53. The minimum Gasteiger partial charge on any atom is -0.356 e. The van der Waals surface area contributed by atoms with Crippen molar-refractivity contribution in [2.45, 2.75) is 44.7 Å². The summed E-state index contributed by atoms with van der Waals surface area (Å²) in [6.45, 7) is 6.18. The summed E-state index contributed by atoms with van der Waals surface area (Å²) in [5.74, 6) is 1.92. The van der Waals surface area contributed by atoms with Crippen LogP contribution in [-0.2, 0) is 18.4 Å². The maximum absolute atomic E-state index is 4.36. The fraction of sp³-hybridized carbons (Fsp3) is 0.562. The Balaban J connectivity index is 1.55. The van der Waals surface area contributed by atoms with Crippen LogP contribution in [0.4, 0.5) is 0 Å². The van der Waals surface area contributed by atoms with Gasteiger partial charge in [-0.05, 0) is 17.9 Å². The summed E-state index contributed by atoms with van der Waals surface area (Å²) in [7, 11) is 1.82. The normalized spacial score (nSPS) is 18.6. The summed E-state index contributed by atoms with van der Waals surface area (Å²) in [5.41, 5.74) is 0.0808. The summed E-state index contributed by atoms with van der Waals surface area (Å²) in [5, 5.41) is 13.4. The molecule has 6 nitrogen and oxygen atoms in total. The molecule has 0 fully saturated rings. The van der Waals surface area contributed by atoms with E-state index in [1.54, 1.807) is 17.7 Å². The Kier molecular flexibility index (Phi) is 4.66. The van der Waals surface area contributed by atoms with E-state index >= 15 is 0 Å². The Morgan fingerprint density at radius 2 is 2.39 bits per heavy atom. The Hall–Kier alpha value is -1.89. The van der Waals surface area contributed by atoms with Crippen LogP contribution in [0.1, 0.15) is 31.0 Å². The van der Waals surface area contributed by atoms with Crippen LogP contribution in [0.25, 0.3) is 0 Å². The van der Waals surface area contributed by atoms with Crippen molar-refractivity contribution in [1.82, 2.24) is 25.4 Å². The third-order valence-corrected chi connectivity index (χ3v) is 5.49. The molecule has 0 saturated heterocycles. The van der Waals surface area contributed by atoms with E-state index in [1.807, 2.05) is 11.7 Å². The van der Waals surface area contributed by atoms with Gasteiger partial charge in [-0.25, -0.2) is 9.67 Å². The topological polar surface area (TPSA) is 67.1 Å². The van der Waals surface area contributed by atoms with Crippen LogP contribution in [0.15, 0.2) is 28.8 Å². The Labute approximate surface area is 141 Å². The zero-order chi connectivity index (χ0) is 16.3. The molecule has 0 aromatic carbocycles. The van der Waals surface area contributed by atoms with E-state index in [9.17, 15) is 0 Å². The zero-order valence-electron chi connectivity index (χ0n) is 13.9. The highest BCUT2D eigenvalue weighted by Crippen LogP contribution is 2.26. The second-order valence-corrected chi connectivity index (χ2v) is 7.47. The highest BCUT2D eigenvalue weighted by Gasteiger charge is 2.24. The summed E-state index contributed by atoms with van der Waals surface area (Å²) in [4.78, 5) is 10.0. The van der Waals surface area contributed by atoms with Crippen LogP contribution in [0, 0.1) is 0 Å². The van der Waals surface area contributed by atoms with Crippen LogP contribution >= 0.6 is 11.3 Å². The Bertz CT molecular complexity index is 658. The van der Waals surface area contributed by atoms with E-state index in [1.165, 1.54) is 4.88 Å². The highest BCUT2D eigenvalue weighted by atomic mass is 32.1. The van der Waals surface area contributed by atoms with E-state index < -0.39 is 0 Å². The lowest BCUT2D eigenvalue weighted by molar-refractivity contribution is 0.391. The molecule has 0 radical (unpaired) electrons. The van der Waals surface area contributed by atoms with Gasteiger partial charge in [-0.1, -0.05) is 19.9 Å². The van der Waals surface area contributed by atoms with Crippen LogP contribution in [0.2, 0.25) is 0 Å². The van der Waals surface area contributed by atoms with Gasteiger partial charge in [0.25, 0.3) is 0 Å². The quantitative estimate of drug-likeness (QED) is 0.662. The molecule has 1 aliphatic rings. The van der Waals surface area contributed by atoms with E-state index in [0.29, 0.717) is 6.04 Å². The average Bonchev–Trinajstić information content (AvgIpc) is 3.22. The van der Waals surface area contributed by atoms with E-state index in [2.05, 4.69) is 57.1 Å². The molecule has 1 atom stereocenters. The predicted octanol–water partition coefficient (Wildman–Crippen LogP) is 1.80. The van der Waals surface area contributed by atoms with Gasteiger partial charge >= 0.3 is 0 Å². The largest absolute Gasteiger partial charge is 0.356 e. The summed E-state index contributed by atoms with van der Waals surface area (Å²) < 4.78 is 1.98. The minimum atomic E-state index is 0.0808. The maximum Gasteiger partial charge on any atom is 0.191 e. The number of guanidine groups is 1. The zero-order valence-corrected chi connectivity index (χ0v) is 14.7. The van der Waals surface area contributed by atoms with Gasteiger partial charge in [0.15, 0.2) is 5.96 Å². The van der Waals surface area contributed by atoms with Gasteiger partial charge in [0.1, 0.15) is 12.2 Å². The predicted molar refractivity (Wildman–Crippen MR) is 94.0 cm³/mol. The van der Waals surface area contributed by atoms with Crippen molar-refractivity contribution in [1.29, 1.82) is 0 Å². The van der Waals surface area contributed by atoms with Gasteiger partial charge in [0.2, 0.25) is 0 Å². The lowest BCUT2D eigenvalue weighted by atomic mass is 9.91. The molecule has 7 heteroatoms. The molecule has 0 spiro atoms. The molecule has 2 aromatic heterocycles. The average molecular weight is 332 g/mol. The number of aromatic nitrogens is 3. The summed E-state index contributed by atoms with van der Waals surface area (Å²) >= 11 is 1.80. The number of nitrogens with zero attached hydrogens (tertiary/aromatic N) is 4. The number of hydrogen-bond acceptors (Lipinski definition) is 4. The lowest BCUT2D eigenvalue weighted by Crippen LogP contribution is -2.49. The van der Waals surface area contributed by atoms with Gasteiger partial charge in [-0.2, -0.15) is 5.10 Å². The second kappa shape index (κ2) is 6.70. The molecule has 1 unspecified atom stereocenters. The molecule has 2 aromatic rings. The van der Waals surface area contributed by atoms with Crippen molar-refractivity contribution in [3.63, 3.8) is 0 Å². The standard InChI is InChI=1S/C16H24N6S/c1-16(2,13-5-4-8-23-13)10-18-15(17-3)21-12-6-7-14-19-11-20-22(14)9-12/h4-5,8,11-12H,6-7,9-10H2,1-3H3,(H2,17,18,21). The molecule has 0 saturated carbocycles. The fourth-order valence-corrected chi connectivity index (χ4v) is 3.65. The highest BCUT2D eigenvalue weighted by molar-refractivity contribution is 7.10. The van der Waals surface area contributed by atoms with Crippen molar-refractivity contribution in [2.24, 2.45) is 4.99 Å². The Morgan fingerprint density at radius 3 is 3.13 bits per heavy atom. The maximum atomic E-state index is 4.36. The summed E-state index contributed by atoms with van der Waals surface area (Å²) in [6.07, 6.45) is 3.64. The molecule has 124 valence electrons. The number of thiophene rings is 1. The number of nitrogens with one attached hydrogen (secondary N) is 2. The number of aliphatic imine (C=N–C) groups is 1. The monoisotopic (exact) mass is 332 g/mol. The minimum absolute atomic E-state index is 0.0808. The number of hydrogen-bond donors (Lipinski definition) is 2. The van der Waals surface area contributed by atoms with Crippen molar-refractivity contribution in [3.8, 4) is 0 Å². The van der Waals surface area contributed by atoms with Gasteiger partial charge in [-0.3, -0.25) is 4.99 Å². The van der Waals surface area contributed by atoms with Crippen molar-refractivity contribution >= 4 is 17.3 Å². The van der Waals surface area contributed by atoms with Crippen LogP contribution in [0.3, 0.4) is 0 Å². The van der Waals surface area contributed by atoms with Crippen molar-refractivity contribution in [3.05, 3.63) is 34.5 Å². The van der Waals surface area contributed by atoms with Gasteiger partial charge in [0.05, 0.1) is 6.54 Å². The molecule has 23 heavy (non-hydrogen) atoms. The molecule has 3 rings (SSSR count). The van der Waals surface area contributed by atoms with Crippen LogP contribution in [-0.4, -0.2) is 40.4 Å².